The molecular weight excluding hydrogens is 477 g/mol. The third-order valence-corrected chi connectivity index (χ3v) is 6.10. The zero-order valence-electron chi connectivity index (χ0n) is 17.2. The number of anilines is 1. The topological polar surface area (TPSA) is 85.8 Å². The van der Waals surface area contributed by atoms with Crippen molar-refractivity contribution in [3.05, 3.63) is 76.1 Å². The van der Waals surface area contributed by atoms with Crippen molar-refractivity contribution >= 4 is 27.5 Å². The lowest BCUT2D eigenvalue weighted by Crippen LogP contribution is -2.13. The summed E-state index contributed by atoms with van der Waals surface area (Å²) in [5, 5.41) is 11.1. The van der Waals surface area contributed by atoms with Gasteiger partial charge in [0.2, 0.25) is 11.7 Å². The highest BCUT2D eigenvalue weighted by molar-refractivity contribution is 9.10. The number of hydrogen-bond donors (Lipinski definition) is 1. The fourth-order valence-electron chi connectivity index (χ4n) is 3.53. The van der Waals surface area contributed by atoms with E-state index in [2.05, 4.69) is 36.5 Å². The fourth-order valence-corrected chi connectivity index (χ4v) is 3.87. The van der Waals surface area contributed by atoms with Gasteiger partial charge in [-0.3, -0.25) is 4.79 Å². The molecule has 0 spiro atoms. The lowest BCUT2D eigenvalue weighted by atomic mass is 9.85. The van der Waals surface area contributed by atoms with Crippen LogP contribution in [0.3, 0.4) is 0 Å². The second-order valence-electron chi connectivity index (χ2n) is 7.78. The summed E-state index contributed by atoms with van der Waals surface area (Å²) in [6.45, 7) is 1.74. The molecule has 1 aliphatic rings. The van der Waals surface area contributed by atoms with Gasteiger partial charge in [0.15, 0.2) is 0 Å². The van der Waals surface area contributed by atoms with Gasteiger partial charge in [-0.25, -0.2) is 9.07 Å². The van der Waals surface area contributed by atoms with Crippen molar-refractivity contribution in [2.75, 3.05) is 5.32 Å². The molecule has 2 heterocycles. The minimum atomic E-state index is -0.518. The van der Waals surface area contributed by atoms with Gasteiger partial charge in [-0.2, -0.15) is 10.1 Å². The highest BCUT2D eigenvalue weighted by Gasteiger charge is 2.25. The molecule has 1 fully saturated rings. The summed E-state index contributed by atoms with van der Waals surface area (Å²) in [6.07, 6.45) is 5.03. The van der Waals surface area contributed by atoms with E-state index in [0.717, 1.165) is 24.1 Å². The second kappa shape index (κ2) is 8.31. The third-order valence-electron chi connectivity index (χ3n) is 5.61. The van der Waals surface area contributed by atoms with Crippen LogP contribution in [0.2, 0.25) is 0 Å². The Kier molecular flexibility index (Phi) is 5.34. The largest absolute Gasteiger partial charge is 0.339 e. The van der Waals surface area contributed by atoms with Gasteiger partial charge in [0, 0.05) is 22.2 Å². The van der Waals surface area contributed by atoms with Gasteiger partial charge in [-0.05, 0) is 62.2 Å². The van der Waals surface area contributed by atoms with Gasteiger partial charge in [0.05, 0.1) is 22.6 Å². The normalized spacial score (nSPS) is 13.7. The van der Waals surface area contributed by atoms with Crippen LogP contribution in [-0.4, -0.2) is 25.8 Å². The number of aryl methyl sites for hydroxylation is 1. The molecule has 1 amide bonds. The molecule has 9 heteroatoms. The van der Waals surface area contributed by atoms with Crippen LogP contribution in [-0.2, 0) is 0 Å². The van der Waals surface area contributed by atoms with E-state index in [1.807, 2.05) is 24.3 Å². The van der Waals surface area contributed by atoms with E-state index in [9.17, 15) is 9.18 Å². The standard InChI is InChI=1S/C23H19BrFN5O2/c1-13-18(22(31)26-20-10-7-16(24)11-19(20)25)12-30(28-13)17-8-5-14(6-9-17)21-27-23(32-29-21)15-3-2-4-15/h5-12,15H,2-4H2,1H3,(H,26,31). The number of nitrogens with zero attached hydrogens (tertiary/aromatic N) is 4. The van der Waals surface area contributed by atoms with Crippen LogP contribution in [0.1, 0.15) is 47.1 Å². The number of carbonyl (C=O) groups is 1. The predicted molar refractivity (Wildman–Crippen MR) is 120 cm³/mol. The van der Waals surface area contributed by atoms with Crippen LogP contribution >= 0.6 is 15.9 Å². The van der Waals surface area contributed by atoms with E-state index in [1.54, 1.807) is 23.9 Å². The monoisotopic (exact) mass is 495 g/mol. The Morgan fingerprint density at radius 1 is 1.22 bits per heavy atom. The van der Waals surface area contributed by atoms with Crippen molar-refractivity contribution < 1.29 is 13.7 Å². The van der Waals surface area contributed by atoms with Crippen LogP contribution in [0.15, 0.2) is 57.7 Å². The number of hydrogen-bond acceptors (Lipinski definition) is 5. The summed E-state index contributed by atoms with van der Waals surface area (Å²) >= 11 is 3.20. The van der Waals surface area contributed by atoms with Crippen molar-refractivity contribution in [1.29, 1.82) is 0 Å². The summed E-state index contributed by atoms with van der Waals surface area (Å²) in [4.78, 5) is 17.2. The highest BCUT2D eigenvalue weighted by atomic mass is 79.9. The smallest absolute Gasteiger partial charge is 0.259 e. The molecule has 0 radical (unpaired) electrons. The van der Waals surface area contributed by atoms with Crippen molar-refractivity contribution in [3.8, 4) is 17.1 Å². The van der Waals surface area contributed by atoms with E-state index >= 15 is 0 Å². The Morgan fingerprint density at radius 2 is 2.00 bits per heavy atom. The summed E-state index contributed by atoms with van der Waals surface area (Å²) < 4.78 is 21.7. The van der Waals surface area contributed by atoms with Gasteiger partial charge in [-0.15, -0.1) is 0 Å². The average Bonchev–Trinajstić information content (AvgIpc) is 3.36. The van der Waals surface area contributed by atoms with E-state index in [4.69, 9.17) is 4.52 Å². The zero-order valence-corrected chi connectivity index (χ0v) is 18.8. The number of carbonyl (C=O) groups excluding carboxylic acids is 1. The molecule has 1 saturated carbocycles. The van der Waals surface area contributed by atoms with Crippen molar-refractivity contribution in [1.82, 2.24) is 19.9 Å². The van der Waals surface area contributed by atoms with E-state index in [1.165, 1.54) is 18.6 Å². The molecule has 32 heavy (non-hydrogen) atoms. The Bertz CT molecular complexity index is 1290. The quantitative estimate of drug-likeness (QED) is 0.386. The molecule has 7 nitrogen and oxygen atoms in total. The summed E-state index contributed by atoms with van der Waals surface area (Å²) in [6, 6.07) is 12.0. The number of nitrogens with one attached hydrogen (secondary N) is 1. The third kappa shape index (κ3) is 3.95. The first-order valence-electron chi connectivity index (χ1n) is 10.2. The maximum atomic E-state index is 14.1. The summed E-state index contributed by atoms with van der Waals surface area (Å²) in [5.74, 6) is 0.706. The summed E-state index contributed by atoms with van der Waals surface area (Å²) in [7, 11) is 0. The van der Waals surface area contributed by atoms with Crippen LogP contribution in [0.4, 0.5) is 10.1 Å². The zero-order chi connectivity index (χ0) is 22.2. The fraction of sp³-hybridized carbons (Fsp3) is 0.217. The van der Waals surface area contributed by atoms with Crippen molar-refractivity contribution in [2.24, 2.45) is 0 Å². The lowest BCUT2D eigenvalue weighted by Gasteiger charge is -2.20. The molecule has 0 aliphatic heterocycles. The molecular formula is C23H19BrFN5O2. The van der Waals surface area contributed by atoms with E-state index < -0.39 is 11.7 Å². The van der Waals surface area contributed by atoms with Gasteiger partial charge in [-0.1, -0.05) is 27.5 Å². The second-order valence-corrected chi connectivity index (χ2v) is 8.70. The minimum absolute atomic E-state index is 0.107. The highest BCUT2D eigenvalue weighted by Crippen LogP contribution is 2.36. The first kappa shape index (κ1) is 20.6. The first-order chi connectivity index (χ1) is 15.5. The number of rotatable bonds is 5. The van der Waals surface area contributed by atoms with Crippen LogP contribution < -0.4 is 5.32 Å². The van der Waals surface area contributed by atoms with Crippen LogP contribution in [0.5, 0.6) is 0 Å². The van der Waals surface area contributed by atoms with Gasteiger partial charge in [0.25, 0.3) is 5.91 Å². The SMILES string of the molecule is Cc1nn(-c2ccc(-c3noc(C4CCC4)n3)cc2)cc1C(=O)Nc1ccc(Br)cc1F. The predicted octanol–water partition coefficient (Wildman–Crippen LogP) is 5.65. The Balaban J connectivity index is 1.33. The molecule has 0 unspecified atom stereocenters. The lowest BCUT2D eigenvalue weighted by molar-refractivity contribution is 0.102. The molecule has 4 aromatic rings. The molecule has 0 saturated heterocycles. The summed E-state index contributed by atoms with van der Waals surface area (Å²) in [5.41, 5.74) is 2.62. The van der Waals surface area contributed by atoms with Gasteiger partial charge < -0.3 is 9.84 Å². The maximum Gasteiger partial charge on any atom is 0.259 e. The first-order valence-corrected chi connectivity index (χ1v) is 11.0. The molecule has 162 valence electrons. The van der Waals surface area contributed by atoms with Gasteiger partial charge in [0.1, 0.15) is 5.82 Å². The van der Waals surface area contributed by atoms with Crippen LogP contribution in [0.25, 0.3) is 17.1 Å². The molecule has 0 bridgehead atoms. The number of amides is 1. The van der Waals surface area contributed by atoms with E-state index in [-0.39, 0.29) is 5.69 Å². The van der Waals surface area contributed by atoms with Crippen molar-refractivity contribution in [3.63, 3.8) is 0 Å². The molecule has 0 atom stereocenters. The Hall–Kier alpha value is -3.33. The van der Waals surface area contributed by atoms with Crippen LogP contribution in [0, 0.1) is 12.7 Å². The average molecular weight is 496 g/mol. The van der Waals surface area contributed by atoms with Crippen molar-refractivity contribution in [2.45, 2.75) is 32.1 Å². The number of halogens is 2. The number of aromatic nitrogens is 4. The molecule has 1 N–H and O–H groups in total. The molecule has 1 aliphatic carbocycles. The molecule has 2 aromatic carbocycles. The Labute approximate surface area is 191 Å². The minimum Gasteiger partial charge on any atom is -0.339 e. The number of benzene rings is 2. The maximum absolute atomic E-state index is 14.1. The van der Waals surface area contributed by atoms with Gasteiger partial charge >= 0.3 is 0 Å². The molecule has 5 rings (SSSR count). The molecule has 2 aromatic heterocycles. The Morgan fingerprint density at radius 3 is 2.69 bits per heavy atom. The van der Waals surface area contributed by atoms with E-state index in [0.29, 0.717) is 33.4 Å².